The second-order valence-corrected chi connectivity index (χ2v) is 5.97. The Morgan fingerprint density at radius 1 is 1.04 bits per heavy atom. The molecule has 2 aliphatic rings. The van der Waals surface area contributed by atoms with Gasteiger partial charge < -0.3 is 9.47 Å². The lowest BCUT2D eigenvalue weighted by Gasteiger charge is -2.27. The number of rotatable bonds is 3. The Labute approximate surface area is 135 Å². The van der Waals surface area contributed by atoms with Crippen LogP contribution in [0.2, 0.25) is 0 Å². The van der Waals surface area contributed by atoms with Crippen LogP contribution < -0.4 is 4.74 Å². The van der Waals surface area contributed by atoms with Gasteiger partial charge in [-0.25, -0.2) is 0 Å². The second-order valence-electron chi connectivity index (χ2n) is 5.97. The zero-order valence-electron chi connectivity index (χ0n) is 13.2. The molecule has 4 nitrogen and oxygen atoms in total. The fraction of sp³-hybridized carbons (Fsp3) is 0.316. The van der Waals surface area contributed by atoms with Crippen LogP contribution in [0.15, 0.2) is 36.4 Å². The Kier molecular flexibility index (Phi) is 3.63. The van der Waals surface area contributed by atoms with Crippen molar-refractivity contribution in [1.29, 1.82) is 0 Å². The molecule has 0 aromatic heterocycles. The lowest BCUT2D eigenvalue weighted by molar-refractivity contribution is 0.0339. The number of carbonyl (C=O) groups excluding carboxylic acids is 1. The number of hydrogen-bond acceptors (Lipinski definition) is 4. The molecule has 1 saturated heterocycles. The molecule has 0 saturated carbocycles. The van der Waals surface area contributed by atoms with E-state index in [1.807, 2.05) is 36.4 Å². The highest BCUT2D eigenvalue weighted by molar-refractivity contribution is 6.21. The molecule has 2 aromatic carbocycles. The van der Waals surface area contributed by atoms with Gasteiger partial charge in [0, 0.05) is 36.3 Å². The van der Waals surface area contributed by atoms with E-state index in [1.54, 1.807) is 7.11 Å². The minimum atomic E-state index is 0.112. The van der Waals surface area contributed by atoms with E-state index >= 15 is 0 Å². The number of carbonyl (C=O) groups is 1. The highest BCUT2D eigenvalue weighted by Crippen LogP contribution is 2.40. The van der Waals surface area contributed by atoms with E-state index in [2.05, 4.69) is 4.90 Å². The van der Waals surface area contributed by atoms with E-state index in [-0.39, 0.29) is 5.78 Å². The Hall–Kier alpha value is -2.17. The van der Waals surface area contributed by atoms with Crippen LogP contribution in [0, 0.1) is 0 Å². The molecule has 4 heteroatoms. The Bertz CT molecular complexity index is 763. The summed E-state index contributed by atoms with van der Waals surface area (Å²) < 4.78 is 11.0. The second kappa shape index (κ2) is 5.80. The first-order chi connectivity index (χ1) is 11.3. The zero-order chi connectivity index (χ0) is 15.8. The molecule has 0 radical (unpaired) electrons. The van der Waals surface area contributed by atoms with Crippen LogP contribution in [0.4, 0.5) is 0 Å². The van der Waals surface area contributed by atoms with Gasteiger partial charge in [-0.05, 0) is 23.3 Å². The normalized spacial score (nSPS) is 17.0. The average molecular weight is 309 g/mol. The van der Waals surface area contributed by atoms with Gasteiger partial charge in [-0.15, -0.1) is 0 Å². The summed E-state index contributed by atoms with van der Waals surface area (Å²) in [5, 5.41) is 0. The Morgan fingerprint density at radius 3 is 2.52 bits per heavy atom. The van der Waals surface area contributed by atoms with Gasteiger partial charge in [-0.3, -0.25) is 9.69 Å². The Morgan fingerprint density at radius 2 is 1.78 bits per heavy atom. The van der Waals surface area contributed by atoms with Crippen molar-refractivity contribution in [3.63, 3.8) is 0 Å². The largest absolute Gasteiger partial charge is 0.496 e. The molecule has 1 aliphatic carbocycles. The van der Waals surface area contributed by atoms with Crippen LogP contribution >= 0.6 is 0 Å². The lowest BCUT2D eigenvalue weighted by atomic mass is 10.0. The van der Waals surface area contributed by atoms with Crippen LogP contribution in [-0.2, 0) is 11.3 Å². The number of fused-ring (bicyclic) bond motifs is 3. The predicted molar refractivity (Wildman–Crippen MR) is 88.0 cm³/mol. The molecule has 0 unspecified atom stereocenters. The molecule has 0 spiro atoms. The summed E-state index contributed by atoms with van der Waals surface area (Å²) in [6.45, 7) is 4.13. The lowest BCUT2D eigenvalue weighted by Crippen LogP contribution is -2.35. The molecule has 4 rings (SSSR count). The number of methoxy groups -OCH3 is 1. The van der Waals surface area contributed by atoms with E-state index in [4.69, 9.17) is 9.47 Å². The van der Waals surface area contributed by atoms with E-state index in [0.717, 1.165) is 66.4 Å². The maximum absolute atomic E-state index is 12.7. The van der Waals surface area contributed by atoms with Crippen LogP contribution in [0.1, 0.15) is 21.5 Å². The zero-order valence-corrected chi connectivity index (χ0v) is 13.2. The smallest absolute Gasteiger partial charge is 0.194 e. The fourth-order valence-corrected chi connectivity index (χ4v) is 3.41. The van der Waals surface area contributed by atoms with Crippen LogP contribution in [-0.4, -0.2) is 44.1 Å². The van der Waals surface area contributed by atoms with E-state index in [0.29, 0.717) is 0 Å². The standard InChI is InChI=1S/C19H19NO3/c1-22-18-11-16-14-4-2-3-5-15(14)19(21)17(16)10-13(18)12-20-6-8-23-9-7-20/h2-5,10-11H,6-9,12H2,1H3. The van der Waals surface area contributed by atoms with E-state index in [1.165, 1.54) is 0 Å². The molecule has 1 aliphatic heterocycles. The third-order valence-corrected chi connectivity index (χ3v) is 4.62. The number of morpholine rings is 1. The quantitative estimate of drug-likeness (QED) is 0.746. The highest BCUT2D eigenvalue weighted by Gasteiger charge is 2.28. The van der Waals surface area contributed by atoms with E-state index < -0.39 is 0 Å². The molecule has 118 valence electrons. The highest BCUT2D eigenvalue weighted by atomic mass is 16.5. The van der Waals surface area contributed by atoms with Gasteiger partial charge in [0.15, 0.2) is 5.78 Å². The first kappa shape index (κ1) is 14.4. The van der Waals surface area contributed by atoms with Gasteiger partial charge >= 0.3 is 0 Å². The molecule has 23 heavy (non-hydrogen) atoms. The maximum atomic E-state index is 12.7. The first-order valence-electron chi connectivity index (χ1n) is 7.93. The third kappa shape index (κ3) is 2.44. The van der Waals surface area contributed by atoms with Crippen LogP contribution in [0.5, 0.6) is 5.75 Å². The fourth-order valence-electron chi connectivity index (χ4n) is 3.41. The molecular formula is C19H19NO3. The number of hydrogen-bond donors (Lipinski definition) is 0. The summed E-state index contributed by atoms with van der Waals surface area (Å²) >= 11 is 0. The summed E-state index contributed by atoms with van der Waals surface area (Å²) in [6.07, 6.45) is 0. The molecule has 0 N–H and O–H groups in total. The first-order valence-corrected chi connectivity index (χ1v) is 7.93. The minimum Gasteiger partial charge on any atom is -0.496 e. The molecule has 1 heterocycles. The molecule has 0 bridgehead atoms. The van der Waals surface area contributed by atoms with Gasteiger partial charge in [0.25, 0.3) is 0 Å². The number of benzene rings is 2. The molecule has 2 aromatic rings. The molecular weight excluding hydrogens is 290 g/mol. The number of ketones is 1. The van der Waals surface area contributed by atoms with Crippen molar-refractivity contribution >= 4 is 5.78 Å². The van der Waals surface area contributed by atoms with Gasteiger partial charge in [0.2, 0.25) is 0 Å². The van der Waals surface area contributed by atoms with Gasteiger partial charge in [0.1, 0.15) is 5.75 Å². The van der Waals surface area contributed by atoms with Crippen molar-refractivity contribution in [2.75, 3.05) is 33.4 Å². The third-order valence-electron chi connectivity index (χ3n) is 4.62. The SMILES string of the molecule is COc1cc2c(cc1CN1CCOCC1)C(=O)c1ccccc1-2. The van der Waals surface area contributed by atoms with Gasteiger partial charge in [-0.1, -0.05) is 24.3 Å². The van der Waals surface area contributed by atoms with Crippen molar-refractivity contribution in [3.8, 4) is 16.9 Å². The molecule has 0 amide bonds. The number of nitrogens with zero attached hydrogens (tertiary/aromatic N) is 1. The minimum absolute atomic E-state index is 0.112. The van der Waals surface area contributed by atoms with Crippen LogP contribution in [0.3, 0.4) is 0 Å². The predicted octanol–water partition coefficient (Wildman–Crippen LogP) is 2.74. The van der Waals surface area contributed by atoms with E-state index in [9.17, 15) is 4.79 Å². The molecule has 0 atom stereocenters. The van der Waals surface area contributed by atoms with Crippen molar-refractivity contribution in [3.05, 3.63) is 53.1 Å². The summed E-state index contributed by atoms with van der Waals surface area (Å²) in [7, 11) is 1.69. The van der Waals surface area contributed by atoms with Crippen LogP contribution in [0.25, 0.3) is 11.1 Å². The van der Waals surface area contributed by atoms with Crippen molar-refractivity contribution in [1.82, 2.24) is 4.90 Å². The Balaban J connectivity index is 1.74. The maximum Gasteiger partial charge on any atom is 0.194 e. The van der Waals surface area contributed by atoms with Crippen molar-refractivity contribution in [2.45, 2.75) is 6.54 Å². The van der Waals surface area contributed by atoms with Crippen molar-refractivity contribution < 1.29 is 14.3 Å². The monoisotopic (exact) mass is 309 g/mol. The van der Waals surface area contributed by atoms with Gasteiger partial charge in [0.05, 0.1) is 20.3 Å². The molecule has 1 fully saturated rings. The summed E-state index contributed by atoms with van der Waals surface area (Å²) in [5.41, 5.74) is 4.62. The number of ether oxygens (including phenoxy) is 2. The van der Waals surface area contributed by atoms with Gasteiger partial charge in [-0.2, -0.15) is 0 Å². The van der Waals surface area contributed by atoms with Crippen molar-refractivity contribution in [2.24, 2.45) is 0 Å². The topological polar surface area (TPSA) is 38.8 Å². The summed E-state index contributed by atoms with van der Waals surface area (Å²) in [4.78, 5) is 15.0. The summed E-state index contributed by atoms with van der Waals surface area (Å²) in [5.74, 6) is 0.959. The summed E-state index contributed by atoms with van der Waals surface area (Å²) in [6, 6.07) is 11.8. The average Bonchev–Trinajstić information content (AvgIpc) is 2.88.